The molecule has 0 aliphatic rings. The van der Waals surface area contributed by atoms with Crippen LogP contribution in [0.1, 0.15) is 25.3 Å². The number of benzene rings is 2. The number of hydrogen-bond acceptors (Lipinski definition) is 3. The third kappa shape index (κ3) is 3.28. The van der Waals surface area contributed by atoms with Gasteiger partial charge in [0.15, 0.2) is 0 Å². The van der Waals surface area contributed by atoms with Crippen LogP contribution in [0.2, 0.25) is 5.02 Å². The zero-order chi connectivity index (χ0) is 19.0. The number of methoxy groups -OCH3 is 1. The molecule has 0 fully saturated rings. The standard InChI is InChI=1S/C22H20ClN3O/c1-14(2)15-7-10-21-20(11-15)24-13-26(21)22-6-4-5-19(25-22)17-12-16(27-3)8-9-18(17)23/h4-14H,1-3H3. The van der Waals surface area contributed by atoms with Crippen molar-refractivity contribution >= 4 is 22.6 Å². The molecular formula is C22H20ClN3O. The summed E-state index contributed by atoms with van der Waals surface area (Å²) >= 11 is 6.39. The van der Waals surface area contributed by atoms with E-state index in [1.807, 2.05) is 47.3 Å². The summed E-state index contributed by atoms with van der Waals surface area (Å²) in [4.78, 5) is 9.37. The van der Waals surface area contributed by atoms with Gasteiger partial charge in [-0.3, -0.25) is 4.57 Å². The largest absolute Gasteiger partial charge is 0.497 e. The minimum Gasteiger partial charge on any atom is -0.497 e. The Morgan fingerprint density at radius 3 is 2.67 bits per heavy atom. The van der Waals surface area contributed by atoms with Crippen LogP contribution in [-0.2, 0) is 0 Å². The fourth-order valence-electron chi connectivity index (χ4n) is 3.11. The van der Waals surface area contributed by atoms with E-state index in [9.17, 15) is 0 Å². The maximum atomic E-state index is 6.39. The van der Waals surface area contributed by atoms with E-state index < -0.39 is 0 Å². The molecular weight excluding hydrogens is 358 g/mol. The van der Waals surface area contributed by atoms with Crippen molar-refractivity contribution in [2.24, 2.45) is 0 Å². The second kappa shape index (κ2) is 7.05. The number of halogens is 1. The number of fused-ring (bicyclic) bond motifs is 1. The maximum Gasteiger partial charge on any atom is 0.139 e. The molecule has 2 aromatic heterocycles. The molecule has 4 nitrogen and oxygen atoms in total. The Hall–Kier alpha value is -2.85. The van der Waals surface area contributed by atoms with Gasteiger partial charge in [-0.05, 0) is 53.9 Å². The molecule has 136 valence electrons. The Kier molecular flexibility index (Phi) is 4.58. The van der Waals surface area contributed by atoms with E-state index in [1.165, 1.54) is 5.56 Å². The third-order valence-electron chi connectivity index (χ3n) is 4.67. The zero-order valence-electron chi connectivity index (χ0n) is 15.5. The highest BCUT2D eigenvalue weighted by Crippen LogP contribution is 2.31. The van der Waals surface area contributed by atoms with Crippen LogP contribution in [0.15, 0.2) is 60.9 Å². The van der Waals surface area contributed by atoms with Gasteiger partial charge in [0, 0.05) is 5.56 Å². The first kappa shape index (κ1) is 17.6. The lowest BCUT2D eigenvalue weighted by Crippen LogP contribution is -1.98. The smallest absolute Gasteiger partial charge is 0.139 e. The SMILES string of the molecule is COc1ccc(Cl)c(-c2cccc(-n3cnc4cc(C(C)C)ccc43)n2)c1. The monoisotopic (exact) mass is 377 g/mol. The van der Waals surface area contributed by atoms with Crippen LogP contribution in [0.3, 0.4) is 0 Å². The molecule has 0 saturated heterocycles. The average Bonchev–Trinajstić information content (AvgIpc) is 3.11. The van der Waals surface area contributed by atoms with E-state index in [2.05, 4.69) is 37.0 Å². The van der Waals surface area contributed by atoms with Gasteiger partial charge < -0.3 is 4.74 Å². The van der Waals surface area contributed by atoms with Crippen LogP contribution in [0.4, 0.5) is 0 Å². The first-order chi connectivity index (χ1) is 13.1. The third-order valence-corrected chi connectivity index (χ3v) is 5.00. The van der Waals surface area contributed by atoms with Crippen molar-refractivity contribution in [2.75, 3.05) is 7.11 Å². The number of nitrogens with zero attached hydrogens (tertiary/aromatic N) is 3. The van der Waals surface area contributed by atoms with Crippen LogP contribution in [-0.4, -0.2) is 21.6 Å². The predicted molar refractivity (Wildman–Crippen MR) is 110 cm³/mol. The van der Waals surface area contributed by atoms with Crippen molar-refractivity contribution in [2.45, 2.75) is 19.8 Å². The number of rotatable bonds is 4. The van der Waals surface area contributed by atoms with E-state index in [0.717, 1.165) is 33.9 Å². The predicted octanol–water partition coefficient (Wildman–Crippen LogP) is 5.87. The Bertz CT molecular complexity index is 1120. The fraction of sp³-hybridized carbons (Fsp3) is 0.182. The van der Waals surface area contributed by atoms with Gasteiger partial charge >= 0.3 is 0 Å². The van der Waals surface area contributed by atoms with Gasteiger partial charge in [0.25, 0.3) is 0 Å². The summed E-state index contributed by atoms with van der Waals surface area (Å²) in [5, 5.41) is 0.637. The highest BCUT2D eigenvalue weighted by molar-refractivity contribution is 6.33. The highest BCUT2D eigenvalue weighted by Gasteiger charge is 2.11. The van der Waals surface area contributed by atoms with Crippen molar-refractivity contribution in [3.8, 4) is 22.8 Å². The van der Waals surface area contributed by atoms with Gasteiger partial charge in [-0.15, -0.1) is 0 Å². The van der Waals surface area contributed by atoms with Crippen LogP contribution in [0.25, 0.3) is 28.1 Å². The molecule has 2 aromatic carbocycles. The van der Waals surface area contributed by atoms with Crippen LogP contribution in [0.5, 0.6) is 5.75 Å². The second-order valence-electron chi connectivity index (χ2n) is 6.74. The summed E-state index contributed by atoms with van der Waals surface area (Å²) in [5.41, 5.74) is 4.90. The highest BCUT2D eigenvalue weighted by atomic mass is 35.5. The van der Waals surface area contributed by atoms with Crippen molar-refractivity contribution in [3.05, 3.63) is 71.5 Å². The van der Waals surface area contributed by atoms with Gasteiger partial charge in [0.05, 0.1) is 28.9 Å². The van der Waals surface area contributed by atoms with E-state index in [-0.39, 0.29) is 0 Å². The quantitative estimate of drug-likeness (QED) is 0.446. The Morgan fingerprint density at radius 1 is 1.04 bits per heavy atom. The molecule has 0 atom stereocenters. The zero-order valence-corrected chi connectivity index (χ0v) is 16.2. The summed E-state index contributed by atoms with van der Waals surface area (Å²) in [6.07, 6.45) is 1.81. The summed E-state index contributed by atoms with van der Waals surface area (Å²) < 4.78 is 7.32. The lowest BCUT2D eigenvalue weighted by atomic mass is 10.0. The average molecular weight is 378 g/mol. The topological polar surface area (TPSA) is 39.9 Å². The molecule has 0 amide bonds. The summed E-state index contributed by atoms with van der Waals surface area (Å²) in [7, 11) is 1.64. The molecule has 0 bridgehead atoms. The van der Waals surface area contributed by atoms with Crippen molar-refractivity contribution < 1.29 is 4.74 Å². The maximum absolute atomic E-state index is 6.39. The molecule has 2 heterocycles. The molecule has 0 unspecified atom stereocenters. The molecule has 4 rings (SSSR count). The Labute approximate surface area is 163 Å². The molecule has 4 aromatic rings. The van der Waals surface area contributed by atoms with Gasteiger partial charge in [0.1, 0.15) is 17.9 Å². The normalized spacial score (nSPS) is 11.3. The number of pyridine rings is 1. The van der Waals surface area contributed by atoms with Gasteiger partial charge in [0.2, 0.25) is 0 Å². The van der Waals surface area contributed by atoms with Gasteiger partial charge in [-0.25, -0.2) is 9.97 Å². The molecule has 0 N–H and O–H groups in total. The summed E-state index contributed by atoms with van der Waals surface area (Å²) in [6, 6.07) is 17.8. The fourth-order valence-corrected chi connectivity index (χ4v) is 3.32. The van der Waals surface area contributed by atoms with Gasteiger partial charge in [-0.1, -0.05) is 37.6 Å². The van der Waals surface area contributed by atoms with Crippen LogP contribution < -0.4 is 4.74 Å². The van der Waals surface area contributed by atoms with E-state index in [4.69, 9.17) is 21.3 Å². The van der Waals surface area contributed by atoms with E-state index >= 15 is 0 Å². The Morgan fingerprint density at radius 2 is 1.89 bits per heavy atom. The molecule has 0 radical (unpaired) electrons. The molecule has 0 aliphatic heterocycles. The molecule has 0 saturated carbocycles. The molecule has 27 heavy (non-hydrogen) atoms. The van der Waals surface area contributed by atoms with Gasteiger partial charge in [-0.2, -0.15) is 0 Å². The summed E-state index contributed by atoms with van der Waals surface area (Å²) in [5.74, 6) is 2.01. The minimum absolute atomic E-state index is 0.469. The lowest BCUT2D eigenvalue weighted by molar-refractivity contribution is 0.415. The first-order valence-electron chi connectivity index (χ1n) is 8.85. The van der Waals surface area contributed by atoms with Crippen molar-refractivity contribution in [1.82, 2.24) is 14.5 Å². The molecule has 0 spiro atoms. The molecule has 5 heteroatoms. The lowest BCUT2D eigenvalue weighted by Gasteiger charge is -2.10. The number of imidazole rings is 1. The van der Waals surface area contributed by atoms with Crippen molar-refractivity contribution in [3.63, 3.8) is 0 Å². The minimum atomic E-state index is 0.469. The van der Waals surface area contributed by atoms with E-state index in [1.54, 1.807) is 7.11 Å². The molecule has 0 aliphatic carbocycles. The number of ether oxygens (including phenoxy) is 1. The second-order valence-corrected chi connectivity index (χ2v) is 7.15. The Balaban J connectivity index is 1.81. The number of hydrogen-bond donors (Lipinski definition) is 0. The van der Waals surface area contributed by atoms with Crippen LogP contribution in [0, 0.1) is 0 Å². The van der Waals surface area contributed by atoms with E-state index in [0.29, 0.717) is 10.9 Å². The summed E-state index contributed by atoms with van der Waals surface area (Å²) in [6.45, 7) is 4.36. The van der Waals surface area contributed by atoms with Crippen LogP contribution >= 0.6 is 11.6 Å². The first-order valence-corrected chi connectivity index (χ1v) is 9.23. The van der Waals surface area contributed by atoms with Crippen molar-refractivity contribution in [1.29, 1.82) is 0 Å². The number of aromatic nitrogens is 3.